The Hall–Kier alpha value is -0.500. The summed E-state index contributed by atoms with van der Waals surface area (Å²) >= 11 is 0. The standard InChI is InChI=1S/C20H36O6/c1-16(22-2)25-15-26-19-11-10-17(14-21)18(19)8-4-3-6-12-23-20-9-5-7-13-24-20/h3,6,16-21H,4-5,7-15H2,1-2H3/b6-3-/t16?,17-,18+,19-,20?/m1/s1. The Labute approximate surface area is 157 Å². The van der Waals surface area contributed by atoms with Crippen LogP contribution in [0.15, 0.2) is 12.2 Å². The lowest BCUT2D eigenvalue weighted by Gasteiger charge is -2.24. The van der Waals surface area contributed by atoms with E-state index in [0.717, 1.165) is 45.1 Å². The maximum absolute atomic E-state index is 9.63. The number of hydrogen-bond acceptors (Lipinski definition) is 6. The second-order valence-electron chi connectivity index (χ2n) is 7.16. The minimum absolute atomic E-state index is 0.0331. The van der Waals surface area contributed by atoms with E-state index in [4.69, 9.17) is 23.7 Å². The van der Waals surface area contributed by atoms with E-state index in [1.54, 1.807) is 7.11 Å². The Kier molecular flexibility index (Phi) is 10.7. The van der Waals surface area contributed by atoms with Gasteiger partial charge in [-0.05, 0) is 63.7 Å². The summed E-state index contributed by atoms with van der Waals surface area (Å²) in [4.78, 5) is 0. The Bertz CT molecular complexity index is 382. The van der Waals surface area contributed by atoms with E-state index in [1.807, 2.05) is 6.92 Å². The van der Waals surface area contributed by atoms with E-state index in [-0.39, 0.29) is 32.1 Å². The van der Waals surface area contributed by atoms with E-state index >= 15 is 0 Å². The SMILES string of the molecule is COC(C)OCO[C@@H]1CC[C@H](CO)[C@@H]1CC/C=C\COC1CCCCO1. The molecule has 0 amide bonds. The van der Waals surface area contributed by atoms with E-state index in [1.165, 1.54) is 6.42 Å². The molecule has 26 heavy (non-hydrogen) atoms. The van der Waals surface area contributed by atoms with Crippen molar-refractivity contribution in [2.75, 3.05) is 33.7 Å². The van der Waals surface area contributed by atoms with Crippen LogP contribution in [0.2, 0.25) is 0 Å². The third-order valence-electron chi connectivity index (χ3n) is 5.41. The van der Waals surface area contributed by atoms with Gasteiger partial charge in [0.1, 0.15) is 6.79 Å². The lowest BCUT2D eigenvalue weighted by molar-refractivity contribution is -0.192. The number of aliphatic hydroxyl groups excluding tert-OH is 1. The van der Waals surface area contributed by atoms with Gasteiger partial charge >= 0.3 is 0 Å². The summed E-state index contributed by atoms with van der Waals surface area (Å²) < 4.78 is 27.6. The minimum Gasteiger partial charge on any atom is -0.396 e. The van der Waals surface area contributed by atoms with E-state index in [9.17, 15) is 5.11 Å². The summed E-state index contributed by atoms with van der Waals surface area (Å²) in [5.41, 5.74) is 0. The molecule has 0 aromatic heterocycles. The second-order valence-corrected chi connectivity index (χ2v) is 7.16. The molecule has 0 aromatic carbocycles. The molecule has 6 nitrogen and oxygen atoms in total. The molecule has 1 saturated heterocycles. The average Bonchev–Trinajstić information content (AvgIpc) is 3.07. The van der Waals surface area contributed by atoms with Crippen molar-refractivity contribution in [2.45, 2.75) is 70.6 Å². The van der Waals surface area contributed by atoms with Crippen molar-refractivity contribution in [1.82, 2.24) is 0 Å². The van der Waals surface area contributed by atoms with Gasteiger partial charge in [-0.15, -0.1) is 0 Å². The van der Waals surface area contributed by atoms with Gasteiger partial charge in [-0.1, -0.05) is 12.2 Å². The predicted octanol–water partition coefficient (Wildman–Crippen LogP) is 3.24. The fourth-order valence-corrected chi connectivity index (χ4v) is 3.74. The molecule has 0 radical (unpaired) electrons. The molecule has 1 saturated carbocycles. The highest BCUT2D eigenvalue weighted by Crippen LogP contribution is 2.37. The molecule has 152 valence electrons. The molecule has 5 atom stereocenters. The lowest BCUT2D eigenvalue weighted by atomic mass is 9.90. The van der Waals surface area contributed by atoms with Crippen LogP contribution in [0.3, 0.4) is 0 Å². The minimum atomic E-state index is -0.264. The molecule has 6 heteroatoms. The number of allylic oxidation sites excluding steroid dienone is 1. The third kappa shape index (κ3) is 7.62. The molecular formula is C20H36O6. The molecule has 1 heterocycles. The Balaban J connectivity index is 1.64. The molecule has 1 N–H and O–H groups in total. The van der Waals surface area contributed by atoms with Crippen molar-refractivity contribution in [3.63, 3.8) is 0 Å². The van der Waals surface area contributed by atoms with E-state index in [2.05, 4.69) is 12.2 Å². The first-order valence-electron chi connectivity index (χ1n) is 9.99. The maximum atomic E-state index is 9.63. The Morgan fingerprint density at radius 3 is 2.77 bits per heavy atom. The van der Waals surface area contributed by atoms with Gasteiger partial charge in [-0.3, -0.25) is 0 Å². The largest absolute Gasteiger partial charge is 0.396 e. The van der Waals surface area contributed by atoms with Crippen LogP contribution in [0.1, 0.15) is 51.9 Å². The van der Waals surface area contributed by atoms with Crippen molar-refractivity contribution in [1.29, 1.82) is 0 Å². The molecule has 0 spiro atoms. The van der Waals surface area contributed by atoms with Crippen LogP contribution in [0, 0.1) is 11.8 Å². The monoisotopic (exact) mass is 372 g/mol. The van der Waals surface area contributed by atoms with Crippen molar-refractivity contribution < 1.29 is 28.8 Å². The number of hydrogen-bond donors (Lipinski definition) is 1. The molecule has 2 fully saturated rings. The highest BCUT2D eigenvalue weighted by atomic mass is 16.7. The summed E-state index contributed by atoms with van der Waals surface area (Å²) in [6, 6.07) is 0. The van der Waals surface area contributed by atoms with Crippen LogP contribution in [-0.2, 0) is 23.7 Å². The first-order chi connectivity index (χ1) is 12.7. The van der Waals surface area contributed by atoms with Gasteiger partial charge in [0, 0.05) is 20.3 Å². The fraction of sp³-hybridized carbons (Fsp3) is 0.900. The van der Waals surface area contributed by atoms with Gasteiger partial charge in [0.05, 0.1) is 12.7 Å². The van der Waals surface area contributed by atoms with Crippen molar-refractivity contribution >= 4 is 0 Å². The smallest absolute Gasteiger partial charge is 0.157 e. The van der Waals surface area contributed by atoms with Crippen LogP contribution in [0.4, 0.5) is 0 Å². The predicted molar refractivity (Wildman–Crippen MR) is 98.5 cm³/mol. The summed E-state index contributed by atoms with van der Waals surface area (Å²) in [7, 11) is 1.61. The van der Waals surface area contributed by atoms with Crippen LogP contribution >= 0.6 is 0 Å². The zero-order valence-electron chi connectivity index (χ0n) is 16.3. The summed E-state index contributed by atoms with van der Waals surface area (Å²) in [6.45, 7) is 3.72. The first-order valence-corrected chi connectivity index (χ1v) is 9.99. The number of methoxy groups -OCH3 is 1. The first kappa shape index (κ1) is 21.8. The maximum Gasteiger partial charge on any atom is 0.157 e. The molecule has 1 aliphatic carbocycles. The Morgan fingerprint density at radius 2 is 2.04 bits per heavy atom. The van der Waals surface area contributed by atoms with Gasteiger partial charge < -0.3 is 28.8 Å². The highest BCUT2D eigenvalue weighted by molar-refractivity contribution is 4.89. The average molecular weight is 373 g/mol. The van der Waals surface area contributed by atoms with Gasteiger partial charge in [0.25, 0.3) is 0 Å². The number of ether oxygens (including phenoxy) is 5. The van der Waals surface area contributed by atoms with E-state index in [0.29, 0.717) is 18.4 Å². The van der Waals surface area contributed by atoms with Crippen molar-refractivity contribution in [3.8, 4) is 0 Å². The topological polar surface area (TPSA) is 66.4 Å². The molecule has 0 bridgehead atoms. The molecule has 2 aliphatic rings. The van der Waals surface area contributed by atoms with Crippen LogP contribution < -0.4 is 0 Å². The van der Waals surface area contributed by atoms with Crippen molar-refractivity contribution in [2.24, 2.45) is 11.8 Å². The van der Waals surface area contributed by atoms with Gasteiger partial charge in [-0.25, -0.2) is 0 Å². The summed E-state index contributed by atoms with van der Waals surface area (Å²) in [5, 5.41) is 9.63. The van der Waals surface area contributed by atoms with Crippen LogP contribution in [-0.4, -0.2) is 57.5 Å². The molecule has 2 rings (SSSR count). The van der Waals surface area contributed by atoms with Gasteiger partial charge in [0.15, 0.2) is 12.6 Å². The quantitative estimate of drug-likeness (QED) is 0.419. The van der Waals surface area contributed by atoms with Gasteiger partial charge in [0.2, 0.25) is 0 Å². The summed E-state index contributed by atoms with van der Waals surface area (Å²) in [6.07, 6.45) is 11.4. The number of rotatable bonds is 12. The summed E-state index contributed by atoms with van der Waals surface area (Å²) in [5.74, 6) is 0.689. The third-order valence-corrected chi connectivity index (χ3v) is 5.41. The zero-order valence-corrected chi connectivity index (χ0v) is 16.3. The van der Waals surface area contributed by atoms with Crippen LogP contribution in [0.25, 0.3) is 0 Å². The normalized spacial score (nSPS) is 30.9. The van der Waals surface area contributed by atoms with Gasteiger partial charge in [-0.2, -0.15) is 0 Å². The zero-order chi connectivity index (χ0) is 18.6. The lowest BCUT2D eigenvalue weighted by Crippen LogP contribution is -2.26. The highest BCUT2D eigenvalue weighted by Gasteiger charge is 2.35. The fourth-order valence-electron chi connectivity index (χ4n) is 3.74. The molecular weight excluding hydrogens is 336 g/mol. The molecule has 0 aromatic rings. The number of aliphatic hydroxyl groups is 1. The van der Waals surface area contributed by atoms with Crippen molar-refractivity contribution in [3.05, 3.63) is 12.2 Å². The second kappa shape index (κ2) is 12.8. The van der Waals surface area contributed by atoms with Crippen LogP contribution in [0.5, 0.6) is 0 Å². The Morgan fingerprint density at radius 1 is 1.15 bits per heavy atom. The van der Waals surface area contributed by atoms with E-state index < -0.39 is 0 Å². The molecule has 1 aliphatic heterocycles. The molecule has 2 unspecified atom stereocenters.